The minimum absolute atomic E-state index is 0.0241. The fourth-order valence-electron chi connectivity index (χ4n) is 2.30. The van der Waals surface area contributed by atoms with Gasteiger partial charge in [0.2, 0.25) is 11.8 Å². The van der Waals surface area contributed by atoms with Crippen LogP contribution in [0.25, 0.3) is 0 Å². The van der Waals surface area contributed by atoms with Crippen molar-refractivity contribution >= 4 is 11.8 Å². The van der Waals surface area contributed by atoms with E-state index in [4.69, 9.17) is 0 Å². The summed E-state index contributed by atoms with van der Waals surface area (Å²) in [6.45, 7) is 12.7. The van der Waals surface area contributed by atoms with Crippen LogP contribution in [0.5, 0.6) is 0 Å². The zero-order valence-corrected chi connectivity index (χ0v) is 12.4. The Hall–Kier alpha value is -1.06. The molecule has 4 nitrogen and oxygen atoms in total. The molecular formula is C14H26N2O2. The molecule has 104 valence electrons. The number of carbonyl (C=O) groups is 2. The van der Waals surface area contributed by atoms with Gasteiger partial charge in [0, 0.05) is 6.54 Å². The van der Waals surface area contributed by atoms with Gasteiger partial charge in [0.1, 0.15) is 12.1 Å². The predicted octanol–water partition coefficient (Wildman–Crippen LogP) is 1.79. The zero-order chi connectivity index (χ0) is 14.1. The lowest BCUT2D eigenvalue weighted by atomic mass is 9.87. The fourth-order valence-corrected chi connectivity index (χ4v) is 2.30. The van der Waals surface area contributed by atoms with Gasteiger partial charge in [-0.2, -0.15) is 0 Å². The highest BCUT2D eigenvalue weighted by molar-refractivity contribution is 5.96. The molecule has 2 amide bonds. The first kappa shape index (κ1) is 15.0. The van der Waals surface area contributed by atoms with E-state index in [2.05, 4.69) is 26.1 Å². The summed E-state index contributed by atoms with van der Waals surface area (Å²) in [6, 6.07) is -0.736. The number of piperazine rings is 1. The second-order valence-electron chi connectivity index (χ2n) is 6.40. The highest BCUT2D eigenvalue weighted by atomic mass is 16.2. The van der Waals surface area contributed by atoms with Crippen molar-refractivity contribution in [3.8, 4) is 0 Å². The minimum atomic E-state index is -0.403. The lowest BCUT2D eigenvalue weighted by Crippen LogP contribution is -2.65. The molecule has 1 saturated heterocycles. The Balaban J connectivity index is 2.99. The zero-order valence-electron chi connectivity index (χ0n) is 12.4. The fraction of sp³-hybridized carbons (Fsp3) is 0.857. The summed E-state index contributed by atoms with van der Waals surface area (Å²) >= 11 is 0. The summed E-state index contributed by atoms with van der Waals surface area (Å²) in [5.41, 5.74) is 0.0418. The SMILES string of the molecule is CCC(C)(C)CN1C(=O)C(C)NC(=O)C1C(C)C. The summed E-state index contributed by atoms with van der Waals surface area (Å²) in [4.78, 5) is 26.1. The van der Waals surface area contributed by atoms with E-state index in [-0.39, 0.29) is 29.2 Å². The molecule has 1 aliphatic rings. The second-order valence-corrected chi connectivity index (χ2v) is 6.40. The normalized spacial score (nSPS) is 25.6. The number of hydrogen-bond acceptors (Lipinski definition) is 2. The van der Waals surface area contributed by atoms with Crippen LogP contribution in [-0.2, 0) is 9.59 Å². The molecule has 0 aliphatic carbocycles. The molecule has 0 radical (unpaired) electrons. The van der Waals surface area contributed by atoms with Crippen molar-refractivity contribution in [3.05, 3.63) is 0 Å². The van der Waals surface area contributed by atoms with E-state index in [1.165, 1.54) is 0 Å². The first-order valence-corrected chi connectivity index (χ1v) is 6.80. The molecule has 1 N–H and O–H groups in total. The van der Waals surface area contributed by atoms with Crippen molar-refractivity contribution < 1.29 is 9.59 Å². The third-order valence-corrected chi connectivity index (χ3v) is 3.80. The van der Waals surface area contributed by atoms with Gasteiger partial charge in [-0.15, -0.1) is 0 Å². The largest absolute Gasteiger partial charge is 0.343 e. The van der Waals surface area contributed by atoms with Crippen molar-refractivity contribution in [1.82, 2.24) is 10.2 Å². The third kappa shape index (κ3) is 3.03. The molecule has 0 aromatic rings. The molecule has 4 heteroatoms. The van der Waals surface area contributed by atoms with E-state index in [1.54, 1.807) is 11.8 Å². The summed E-state index contributed by atoms with van der Waals surface area (Å²) in [6.07, 6.45) is 0.984. The van der Waals surface area contributed by atoms with Crippen LogP contribution in [0.1, 0.15) is 48.0 Å². The molecule has 0 aromatic heterocycles. The van der Waals surface area contributed by atoms with Gasteiger partial charge < -0.3 is 10.2 Å². The van der Waals surface area contributed by atoms with Gasteiger partial charge in [-0.3, -0.25) is 9.59 Å². The maximum absolute atomic E-state index is 12.3. The molecule has 0 aromatic carbocycles. The highest BCUT2D eigenvalue weighted by Crippen LogP contribution is 2.26. The van der Waals surface area contributed by atoms with E-state index < -0.39 is 6.04 Å². The monoisotopic (exact) mass is 254 g/mol. The molecule has 1 fully saturated rings. The van der Waals surface area contributed by atoms with Crippen molar-refractivity contribution in [2.24, 2.45) is 11.3 Å². The average Bonchev–Trinajstić information content (AvgIpc) is 2.24. The summed E-state index contributed by atoms with van der Waals surface area (Å²) in [7, 11) is 0. The van der Waals surface area contributed by atoms with E-state index in [1.807, 2.05) is 13.8 Å². The Labute approximate surface area is 110 Å². The van der Waals surface area contributed by atoms with Crippen LogP contribution in [0, 0.1) is 11.3 Å². The van der Waals surface area contributed by atoms with Crippen LogP contribution in [0.2, 0.25) is 0 Å². The van der Waals surface area contributed by atoms with Crippen LogP contribution in [0.3, 0.4) is 0 Å². The number of nitrogens with zero attached hydrogens (tertiary/aromatic N) is 1. The number of hydrogen-bond donors (Lipinski definition) is 1. The van der Waals surface area contributed by atoms with E-state index >= 15 is 0 Å². The lowest BCUT2D eigenvalue weighted by Gasteiger charge is -2.43. The molecular weight excluding hydrogens is 228 g/mol. The van der Waals surface area contributed by atoms with Crippen molar-refractivity contribution in [3.63, 3.8) is 0 Å². The van der Waals surface area contributed by atoms with Gasteiger partial charge in [0.05, 0.1) is 0 Å². The quantitative estimate of drug-likeness (QED) is 0.831. The van der Waals surface area contributed by atoms with Gasteiger partial charge >= 0.3 is 0 Å². The first-order chi connectivity index (χ1) is 8.19. The second kappa shape index (κ2) is 5.29. The predicted molar refractivity (Wildman–Crippen MR) is 72.0 cm³/mol. The van der Waals surface area contributed by atoms with Crippen molar-refractivity contribution in [1.29, 1.82) is 0 Å². The van der Waals surface area contributed by atoms with Gasteiger partial charge in [-0.25, -0.2) is 0 Å². The van der Waals surface area contributed by atoms with E-state index in [0.29, 0.717) is 6.54 Å². The molecule has 1 heterocycles. The lowest BCUT2D eigenvalue weighted by molar-refractivity contribution is -0.152. The Morgan fingerprint density at radius 1 is 1.33 bits per heavy atom. The van der Waals surface area contributed by atoms with Crippen LogP contribution >= 0.6 is 0 Å². The number of carbonyl (C=O) groups excluding carboxylic acids is 2. The third-order valence-electron chi connectivity index (χ3n) is 3.80. The van der Waals surface area contributed by atoms with E-state index in [9.17, 15) is 9.59 Å². The molecule has 1 rings (SSSR count). The van der Waals surface area contributed by atoms with Gasteiger partial charge in [-0.1, -0.05) is 34.6 Å². The molecule has 2 unspecified atom stereocenters. The maximum atomic E-state index is 12.3. The average molecular weight is 254 g/mol. The minimum Gasteiger partial charge on any atom is -0.343 e. The summed E-state index contributed by atoms with van der Waals surface area (Å²) < 4.78 is 0. The van der Waals surface area contributed by atoms with Crippen molar-refractivity contribution in [2.75, 3.05) is 6.54 Å². The number of nitrogens with one attached hydrogen (secondary N) is 1. The Morgan fingerprint density at radius 3 is 2.33 bits per heavy atom. The van der Waals surface area contributed by atoms with Crippen LogP contribution < -0.4 is 5.32 Å². The smallest absolute Gasteiger partial charge is 0.245 e. The molecule has 0 bridgehead atoms. The van der Waals surface area contributed by atoms with E-state index in [0.717, 1.165) is 6.42 Å². The Kier molecular flexibility index (Phi) is 4.41. The van der Waals surface area contributed by atoms with Crippen molar-refractivity contribution in [2.45, 2.75) is 60.0 Å². The molecule has 0 saturated carbocycles. The van der Waals surface area contributed by atoms with Crippen LogP contribution in [-0.4, -0.2) is 35.3 Å². The van der Waals surface area contributed by atoms with Crippen LogP contribution in [0.15, 0.2) is 0 Å². The topological polar surface area (TPSA) is 49.4 Å². The number of amides is 2. The van der Waals surface area contributed by atoms with Gasteiger partial charge in [0.15, 0.2) is 0 Å². The van der Waals surface area contributed by atoms with Crippen LogP contribution in [0.4, 0.5) is 0 Å². The summed E-state index contributed by atoms with van der Waals surface area (Å²) in [5.74, 6) is 0.146. The first-order valence-electron chi connectivity index (χ1n) is 6.80. The summed E-state index contributed by atoms with van der Waals surface area (Å²) in [5, 5.41) is 2.76. The highest BCUT2D eigenvalue weighted by Gasteiger charge is 2.41. The molecule has 1 aliphatic heterocycles. The Morgan fingerprint density at radius 2 is 1.89 bits per heavy atom. The molecule has 2 atom stereocenters. The number of rotatable bonds is 4. The standard InChI is InChI=1S/C14H26N2O2/c1-7-14(5,6)8-16-11(9(2)3)12(17)15-10(4)13(16)18/h9-11H,7-8H2,1-6H3,(H,15,17). The molecule has 18 heavy (non-hydrogen) atoms. The van der Waals surface area contributed by atoms with Gasteiger partial charge in [0.25, 0.3) is 0 Å². The Bertz CT molecular complexity index is 337. The molecule has 0 spiro atoms. The maximum Gasteiger partial charge on any atom is 0.245 e. The van der Waals surface area contributed by atoms with Gasteiger partial charge in [-0.05, 0) is 24.7 Å².